The van der Waals surface area contributed by atoms with Crippen LogP contribution in [-0.4, -0.2) is 22.6 Å². The second kappa shape index (κ2) is 9.44. The van der Waals surface area contributed by atoms with Gasteiger partial charge in [-0.05, 0) is 43.3 Å². The van der Waals surface area contributed by atoms with E-state index in [0.717, 1.165) is 10.9 Å². The van der Waals surface area contributed by atoms with Crippen LogP contribution in [0.3, 0.4) is 0 Å². The molecule has 0 saturated heterocycles. The number of carbonyl (C=O) groups excluding carboxylic acids is 3. The number of anilines is 2. The lowest BCUT2D eigenvalue weighted by Crippen LogP contribution is -2.13. The highest BCUT2D eigenvalue weighted by atomic mass is 16.2. The average Bonchev–Trinajstić information content (AvgIpc) is 2.83. The molecule has 0 aliphatic rings. The molecule has 4 rings (SSSR count). The highest BCUT2D eigenvalue weighted by Gasteiger charge is 2.15. The van der Waals surface area contributed by atoms with Crippen molar-refractivity contribution in [1.82, 2.24) is 4.98 Å². The maximum Gasteiger partial charge on any atom is 0.256 e. The van der Waals surface area contributed by atoms with Gasteiger partial charge >= 0.3 is 0 Å². The molecule has 164 valence electrons. The average molecular weight is 437 g/mol. The third-order valence-corrected chi connectivity index (χ3v) is 5.27. The summed E-state index contributed by atoms with van der Waals surface area (Å²) in [7, 11) is 0. The van der Waals surface area contributed by atoms with Crippen molar-refractivity contribution in [1.29, 1.82) is 0 Å². The van der Waals surface area contributed by atoms with Gasteiger partial charge in [-0.15, -0.1) is 0 Å². The number of hydrogen-bond acceptors (Lipinski definition) is 4. The van der Waals surface area contributed by atoms with Gasteiger partial charge in [0.15, 0.2) is 5.78 Å². The molecule has 33 heavy (non-hydrogen) atoms. The van der Waals surface area contributed by atoms with E-state index in [4.69, 9.17) is 4.98 Å². The fourth-order valence-corrected chi connectivity index (χ4v) is 3.50. The van der Waals surface area contributed by atoms with Crippen LogP contribution in [-0.2, 0) is 4.79 Å². The van der Waals surface area contributed by atoms with E-state index in [1.807, 2.05) is 48.5 Å². The summed E-state index contributed by atoms with van der Waals surface area (Å²) >= 11 is 0. The normalized spacial score (nSPS) is 10.6. The minimum Gasteiger partial charge on any atom is -0.326 e. The molecule has 6 nitrogen and oxygen atoms in total. The Labute approximate surface area is 191 Å². The lowest BCUT2D eigenvalue weighted by atomic mass is 10.0. The SMILES string of the molecule is CCC(=O)Nc1ccc(-c2cc(C(=O)Nc3cccc(C(C)=O)c3)c3ccccc3n2)cc1. The van der Waals surface area contributed by atoms with E-state index >= 15 is 0 Å². The lowest BCUT2D eigenvalue weighted by molar-refractivity contribution is -0.115. The number of aromatic nitrogens is 1. The van der Waals surface area contributed by atoms with Gasteiger partial charge in [-0.25, -0.2) is 4.98 Å². The van der Waals surface area contributed by atoms with Gasteiger partial charge in [0.2, 0.25) is 5.91 Å². The molecule has 0 aliphatic carbocycles. The Balaban J connectivity index is 1.70. The van der Waals surface area contributed by atoms with Crippen LogP contribution in [0.25, 0.3) is 22.2 Å². The summed E-state index contributed by atoms with van der Waals surface area (Å²) in [6.07, 6.45) is 0.405. The van der Waals surface area contributed by atoms with Crippen molar-refractivity contribution in [2.75, 3.05) is 10.6 Å². The first-order chi connectivity index (χ1) is 15.9. The van der Waals surface area contributed by atoms with Gasteiger partial charge in [0.05, 0.1) is 16.8 Å². The lowest BCUT2D eigenvalue weighted by Gasteiger charge is -2.12. The van der Waals surface area contributed by atoms with E-state index in [0.29, 0.717) is 40.1 Å². The van der Waals surface area contributed by atoms with Gasteiger partial charge in [0, 0.05) is 34.3 Å². The summed E-state index contributed by atoms with van der Waals surface area (Å²) in [5.74, 6) is -0.414. The fourth-order valence-electron chi connectivity index (χ4n) is 3.50. The Hall–Kier alpha value is -4.32. The molecule has 2 N–H and O–H groups in total. The zero-order chi connectivity index (χ0) is 23.4. The second-order valence-corrected chi connectivity index (χ2v) is 7.64. The van der Waals surface area contributed by atoms with Gasteiger partial charge in [0.1, 0.15) is 0 Å². The van der Waals surface area contributed by atoms with Gasteiger partial charge < -0.3 is 10.6 Å². The largest absolute Gasteiger partial charge is 0.326 e. The third-order valence-electron chi connectivity index (χ3n) is 5.27. The zero-order valence-corrected chi connectivity index (χ0v) is 18.4. The van der Waals surface area contributed by atoms with Gasteiger partial charge in [0.25, 0.3) is 5.91 Å². The maximum absolute atomic E-state index is 13.2. The number of rotatable bonds is 6. The van der Waals surface area contributed by atoms with Crippen molar-refractivity contribution in [3.8, 4) is 11.3 Å². The van der Waals surface area contributed by atoms with Crippen LogP contribution in [0.2, 0.25) is 0 Å². The molecular formula is C27H23N3O3. The van der Waals surface area contributed by atoms with E-state index < -0.39 is 0 Å². The summed E-state index contributed by atoms with van der Waals surface area (Å²) in [6.45, 7) is 3.29. The number of fused-ring (bicyclic) bond motifs is 1. The predicted molar refractivity (Wildman–Crippen MR) is 130 cm³/mol. The topological polar surface area (TPSA) is 88.2 Å². The summed E-state index contributed by atoms with van der Waals surface area (Å²) in [5.41, 5.74) is 4.42. The van der Waals surface area contributed by atoms with Crippen molar-refractivity contribution in [3.63, 3.8) is 0 Å². The monoisotopic (exact) mass is 437 g/mol. The minimum absolute atomic E-state index is 0.0561. The molecule has 0 saturated carbocycles. The predicted octanol–water partition coefficient (Wildman–Crippen LogP) is 5.71. The summed E-state index contributed by atoms with van der Waals surface area (Å²) in [4.78, 5) is 41.3. The number of ketones is 1. The Morgan fingerprint density at radius 1 is 0.818 bits per heavy atom. The van der Waals surface area contributed by atoms with Crippen molar-refractivity contribution < 1.29 is 14.4 Å². The van der Waals surface area contributed by atoms with Crippen LogP contribution in [0, 0.1) is 0 Å². The molecule has 0 spiro atoms. The van der Waals surface area contributed by atoms with Gasteiger partial charge in [-0.1, -0.05) is 49.4 Å². The van der Waals surface area contributed by atoms with Crippen LogP contribution in [0.4, 0.5) is 11.4 Å². The molecule has 0 unspecified atom stereocenters. The number of carbonyl (C=O) groups is 3. The van der Waals surface area contributed by atoms with E-state index in [-0.39, 0.29) is 17.6 Å². The Kier molecular flexibility index (Phi) is 6.26. The Morgan fingerprint density at radius 3 is 2.30 bits per heavy atom. The quantitative estimate of drug-likeness (QED) is 0.379. The first-order valence-electron chi connectivity index (χ1n) is 10.7. The number of nitrogens with one attached hydrogen (secondary N) is 2. The van der Waals surface area contributed by atoms with Gasteiger partial charge in [-0.2, -0.15) is 0 Å². The molecule has 0 aliphatic heterocycles. The standard InChI is InChI=1S/C27H23N3O3/c1-3-26(32)28-20-13-11-18(12-14-20)25-16-23(22-9-4-5-10-24(22)30-25)27(33)29-21-8-6-7-19(15-21)17(2)31/h4-16H,3H2,1-2H3,(H,28,32)(H,29,33). The van der Waals surface area contributed by atoms with Crippen LogP contribution in [0.5, 0.6) is 0 Å². The number of benzene rings is 3. The number of pyridine rings is 1. The molecule has 0 atom stereocenters. The first kappa shape index (κ1) is 21.9. The molecule has 4 aromatic rings. The number of amides is 2. The van der Waals surface area contributed by atoms with Crippen LogP contribution in [0.15, 0.2) is 78.9 Å². The van der Waals surface area contributed by atoms with E-state index in [1.165, 1.54) is 6.92 Å². The van der Waals surface area contributed by atoms with E-state index in [9.17, 15) is 14.4 Å². The Bertz CT molecular complexity index is 1360. The first-order valence-corrected chi connectivity index (χ1v) is 10.7. The Morgan fingerprint density at radius 2 is 1.58 bits per heavy atom. The van der Waals surface area contributed by atoms with Gasteiger partial charge in [-0.3, -0.25) is 14.4 Å². The van der Waals surface area contributed by atoms with Crippen LogP contribution in [0.1, 0.15) is 41.0 Å². The van der Waals surface area contributed by atoms with Crippen LogP contribution >= 0.6 is 0 Å². The molecule has 0 bridgehead atoms. The second-order valence-electron chi connectivity index (χ2n) is 7.64. The minimum atomic E-state index is -0.289. The van der Waals surface area contributed by atoms with Crippen molar-refractivity contribution >= 4 is 39.9 Å². The number of Topliss-reactive ketones (excluding diaryl/α,β-unsaturated/α-hetero) is 1. The van der Waals surface area contributed by atoms with Crippen molar-refractivity contribution in [3.05, 3.63) is 90.0 Å². The molecule has 1 aromatic heterocycles. The molecule has 1 heterocycles. The van der Waals surface area contributed by atoms with Crippen LogP contribution < -0.4 is 10.6 Å². The smallest absolute Gasteiger partial charge is 0.256 e. The summed E-state index contributed by atoms with van der Waals surface area (Å²) < 4.78 is 0. The summed E-state index contributed by atoms with van der Waals surface area (Å²) in [6, 6.07) is 23.4. The van der Waals surface area contributed by atoms with Crippen molar-refractivity contribution in [2.45, 2.75) is 20.3 Å². The molecule has 0 radical (unpaired) electrons. The fraction of sp³-hybridized carbons (Fsp3) is 0.111. The summed E-state index contributed by atoms with van der Waals surface area (Å²) in [5, 5.41) is 6.45. The van der Waals surface area contributed by atoms with E-state index in [2.05, 4.69) is 10.6 Å². The number of hydrogen-bond donors (Lipinski definition) is 2. The number of para-hydroxylation sites is 1. The molecule has 6 heteroatoms. The highest BCUT2D eigenvalue weighted by molar-refractivity contribution is 6.13. The highest BCUT2D eigenvalue weighted by Crippen LogP contribution is 2.27. The zero-order valence-electron chi connectivity index (χ0n) is 18.4. The molecule has 3 aromatic carbocycles. The van der Waals surface area contributed by atoms with Crippen molar-refractivity contribution in [2.24, 2.45) is 0 Å². The molecule has 0 fully saturated rings. The molecular weight excluding hydrogens is 414 g/mol. The van der Waals surface area contributed by atoms with E-state index in [1.54, 1.807) is 37.3 Å². The third kappa shape index (κ3) is 4.96. The molecule has 2 amide bonds. The maximum atomic E-state index is 13.2. The number of nitrogens with zero attached hydrogens (tertiary/aromatic N) is 1.